The summed E-state index contributed by atoms with van der Waals surface area (Å²) < 4.78 is 24.5. The van der Waals surface area contributed by atoms with Crippen LogP contribution < -0.4 is 25.3 Å². The summed E-state index contributed by atoms with van der Waals surface area (Å²) >= 11 is 0. The Balaban J connectivity index is 2.07. The van der Waals surface area contributed by atoms with Gasteiger partial charge in [-0.1, -0.05) is 25.8 Å². The fourth-order valence-electron chi connectivity index (χ4n) is 4.45. The normalized spacial score (nSPS) is 11.6. The zero-order chi connectivity index (χ0) is 28.8. The average Bonchev–Trinajstić information content (AvgIpc) is 2.97. The first-order valence-electron chi connectivity index (χ1n) is 13.0. The number of rotatable bonds is 10. The maximum absolute atomic E-state index is 13.6. The number of esters is 1. The van der Waals surface area contributed by atoms with E-state index in [4.69, 9.17) is 23.9 Å². The Labute approximate surface area is 230 Å². The first-order valence-corrected chi connectivity index (χ1v) is 13.0. The van der Waals surface area contributed by atoms with Gasteiger partial charge in [0.1, 0.15) is 16.9 Å². The molecule has 0 saturated carbocycles. The number of nitrogens with zero attached hydrogens (tertiary/aromatic N) is 4. The fraction of sp³-hybridized carbons (Fsp3) is 0.345. The largest absolute Gasteiger partial charge is 0.493 e. The van der Waals surface area contributed by atoms with Crippen molar-refractivity contribution in [3.8, 4) is 17.2 Å². The maximum atomic E-state index is 13.6. The van der Waals surface area contributed by atoms with E-state index in [1.54, 1.807) is 35.9 Å². The Morgan fingerprint density at radius 3 is 2.33 bits per heavy atom. The number of aromatic nitrogens is 3. The van der Waals surface area contributed by atoms with Crippen LogP contribution in [0.1, 0.15) is 53.8 Å². The lowest BCUT2D eigenvalue weighted by atomic mass is 10.1. The second kappa shape index (κ2) is 12.5. The van der Waals surface area contributed by atoms with Crippen LogP contribution in [0, 0.1) is 0 Å². The van der Waals surface area contributed by atoms with Crippen molar-refractivity contribution in [3.63, 3.8) is 0 Å². The third-order valence-electron chi connectivity index (χ3n) is 6.39. The van der Waals surface area contributed by atoms with Gasteiger partial charge in [0.05, 0.1) is 33.3 Å². The number of carbonyl (C=O) groups excluding carboxylic acids is 2. The molecule has 11 heteroatoms. The van der Waals surface area contributed by atoms with Crippen LogP contribution in [0.2, 0.25) is 0 Å². The summed E-state index contributed by atoms with van der Waals surface area (Å²) in [6, 6.07) is 9.59. The zero-order valence-corrected chi connectivity index (χ0v) is 23.2. The van der Waals surface area contributed by atoms with Gasteiger partial charge in [0, 0.05) is 18.3 Å². The molecule has 210 valence electrons. The van der Waals surface area contributed by atoms with E-state index in [0.29, 0.717) is 30.0 Å². The van der Waals surface area contributed by atoms with E-state index in [2.05, 4.69) is 11.9 Å². The summed E-state index contributed by atoms with van der Waals surface area (Å²) in [6.07, 6.45) is 4.14. The minimum atomic E-state index is -0.706. The molecular weight excluding hydrogens is 516 g/mol. The van der Waals surface area contributed by atoms with Crippen LogP contribution in [0.25, 0.3) is 16.7 Å². The van der Waals surface area contributed by atoms with Crippen LogP contribution in [-0.4, -0.2) is 53.8 Å². The average molecular weight is 549 g/mol. The standard InChI is InChI=1S/C29H32N4O7/c1-6-8-10-14-33-25-19(28(35)32-13-11-9-12-23(32)30-25)17-20(29(36)40-7-2)26(33)31-27(34)18-15-21(37-3)24(39-5)22(16-18)38-4/h9,11-13,15-17H,6-8,10,14H2,1-5H3. The molecule has 3 aromatic heterocycles. The van der Waals surface area contributed by atoms with Crippen LogP contribution >= 0.6 is 0 Å². The molecule has 40 heavy (non-hydrogen) atoms. The molecule has 0 aliphatic carbocycles. The summed E-state index contributed by atoms with van der Waals surface area (Å²) in [7, 11) is 4.35. The van der Waals surface area contributed by atoms with Crippen LogP contribution in [0.15, 0.2) is 52.4 Å². The summed E-state index contributed by atoms with van der Waals surface area (Å²) in [5, 5.41) is 0.211. The highest BCUT2D eigenvalue weighted by atomic mass is 16.5. The summed E-state index contributed by atoms with van der Waals surface area (Å²) in [4.78, 5) is 49.4. The van der Waals surface area contributed by atoms with Gasteiger partial charge in [-0.05, 0) is 43.7 Å². The molecule has 0 spiro atoms. The van der Waals surface area contributed by atoms with Gasteiger partial charge in [-0.2, -0.15) is 4.99 Å². The molecule has 4 rings (SSSR count). The number of carbonyl (C=O) groups is 2. The minimum Gasteiger partial charge on any atom is -0.493 e. The minimum absolute atomic E-state index is 0.0126. The predicted octanol–water partition coefficient (Wildman–Crippen LogP) is 3.78. The highest BCUT2D eigenvalue weighted by Crippen LogP contribution is 2.38. The Morgan fingerprint density at radius 2 is 1.70 bits per heavy atom. The SMILES string of the molecule is CCCCCn1c(=NC(=O)c2cc(OC)c(OC)c(OC)c2)c(C(=O)OCC)cc2c(=O)n3ccccc3nc21. The molecule has 0 atom stereocenters. The molecule has 0 bridgehead atoms. The summed E-state index contributed by atoms with van der Waals surface area (Å²) in [5.74, 6) is -0.484. The number of pyridine rings is 2. The maximum Gasteiger partial charge on any atom is 0.341 e. The number of benzene rings is 1. The van der Waals surface area contributed by atoms with Crippen LogP contribution in [0.4, 0.5) is 0 Å². The van der Waals surface area contributed by atoms with Crippen molar-refractivity contribution in [2.45, 2.75) is 39.7 Å². The number of unbranched alkanes of at least 4 members (excludes halogenated alkanes) is 2. The van der Waals surface area contributed by atoms with Crippen LogP contribution in [0.3, 0.4) is 0 Å². The van der Waals surface area contributed by atoms with E-state index in [9.17, 15) is 14.4 Å². The molecule has 0 N–H and O–H groups in total. The second-order valence-corrected chi connectivity index (χ2v) is 8.87. The van der Waals surface area contributed by atoms with E-state index in [1.165, 1.54) is 43.9 Å². The molecule has 0 fully saturated rings. The number of amides is 1. The van der Waals surface area contributed by atoms with Crippen LogP contribution in [-0.2, 0) is 11.3 Å². The van der Waals surface area contributed by atoms with E-state index in [-0.39, 0.29) is 45.7 Å². The number of aryl methyl sites for hydroxylation is 1. The fourth-order valence-corrected chi connectivity index (χ4v) is 4.45. The Kier molecular flexibility index (Phi) is 8.83. The molecule has 0 aliphatic rings. The highest BCUT2D eigenvalue weighted by molar-refractivity contribution is 5.98. The number of fused-ring (bicyclic) bond motifs is 2. The van der Waals surface area contributed by atoms with Crippen molar-refractivity contribution < 1.29 is 28.5 Å². The zero-order valence-electron chi connectivity index (χ0n) is 23.2. The lowest BCUT2D eigenvalue weighted by Crippen LogP contribution is -2.33. The van der Waals surface area contributed by atoms with E-state index < -0.39 is 11.9 Å². The summed E-state index contributed by atoms with van der Waals surface area (Å²) in [5.41, 5.74) is 0.579. The molecule has 3 heterocycles. The van der Waals surface area contributed by atoms with Gasteiger partial charge in [0.15, 0.2) is 17.0 Å². The Hall–Kier alpha value is -4.67. The molecule has 4 aromatic rings. The van der Waals surface area contributed by atoms with Crippen molar-refractivity contribution >= 4 is 28.6 Å². The van der Waals surface area contributed by atoms with Crippen molar-refractivity contribution in [2.75, 3.05) is 27.9 Å². The molecule has 0 saturated heterocycles. The van der Waals surface area contributed by atoms with Crippen LogP contribution in [0.5, 0.6) is 17.2 Å². The molecule has 0 aliphatic heterocycles. The Bertz CT molecular complexity index is 1680. The van der Waals surface area contributed by atoms with Gasteiger partial charge in [0.25, 0.3) is 11.5 Å². The van der Waals surface area contributed by atoms with E-state index >= 15 is 0 Å². The summed E-state index contributed by atoms with van der Waals surface area (Å²) in [6.45, 7) is 4.21. The van der Waals surface area contributed by atoms with E-state index in [1.807, 2.05) is 0 Å². The highest BCUT2D eigenvalue weighted by Gasteiger charge is 2.22. The van der Waals surface area contributed by atoms with Crippen molar-refractivity contribution in [1.29, 1.82) is 0 Å². The smallest absolute Gasteiger partial charge is 0.341 e. The van der Waals surface area contributed by atoms with Gasteiger partial charge in [-0.15, -0.1) is 0 Å². The van der Waals surface area contributed by atoms with E-state index in [0.717, 1.165) is 12.8 Å². The molecule has 1 amide bonds. The lowest BCUT2D eigenvalue weighted by Gasteiger charge is -2.15. The van der Waals surface area contributed by atoms with Crippen molar-refractivity contribution in [1.82, 2.24) is 14.0 Å². The first-order chi connectivity index (χ1) is 19.4. The molecule has 1 aromatic carbocycles. The van der Waals surface area contributed by atoms with Gasteiger partial charge in [-0.3, -0.25) is 14.0 Å². The van der Waals surface area contributed by atoms with Gasteiger partial charge < -0.3 is 23.5 Å². The quantitative estimate of drug-likeness (QED) is 0.167. The molecule has 11 nitrogen and oxygen atoms in total. The first kappa shape index (κ1) is 28.3. The predicted molar refractivity (Wildman–Crippen MR) is 148 cm³/mol. The lowest BCUT2D eigenvalue weighted by molar-refractivity contribution is 0.0523. The monoisotopic (exact) mass is 548 g/mol. The van der Waals surface area contributed by atoms with Crippen molar-refractivity contribution in [2.24, 2.45) is 4.99 Å². The van der Waals surface area contributed by atoms with Crippen molar-refractivity contribution in [3.05, 3.63) is 69.6 Å². The van der Waals surface area contributed by atoms with Gasteiger partial charge >= 0.3 is 5.97 Å². The molecular formula is C29H32N4O7. The Morgan fingerprint density at radius 1 is 0.975 bits per heavy atom. The molecule has 0 unspecified atom stereocenters. The topological polar surface area (TPSA) is 123 Å². The number of ether oxygens (including phenoxy) is 4. The van der Waals surface area contributed by atoms with Gasteiger partial charge in [-0.25, -0.2) is 9.78 Å². The second-order valence-electron chi connectivity index (χ2n) is 8.87. The van der Waals surface area contributed by atoms with Gasteiger partial charge in [0.2, 0.25) is 5.75 Å². The third kappa shape index (κ3) is 5.40. The number of hydrogen-bond acceptors (Lipinski definition) is 8. The molecule has 0 radical (unpaired) electrons. The number of methoxy groups -OCH3 is 3. The number of hydrogen-bond donors (Lipinski definition) is 0. The third-order valence-corrected chi connectivity index (χ3v) is 6.39.